The number of aryl methyl sites for hydroxylation is 2. The number of fused-ring (bicyclic) bond motifs is 6. The van der Waals surface area contributed by atoms with Crippen LogP contribution in [0.5, 0.6) is 11.5 Å². The summed E-state index contributed by atoms with van der Waals surface area (Å²) in [5.41, 5.74) is 53.0. The molecule has 0 fully saturated rings. The minimum atomic E-state index is -0.556. The third kappa shape index (κ3) is 16.5. The van der Waals surface area contributed by atoms with E-state index in [1.807, 2.05) is 107 Å². The van der Waals surface area contributed by atoms with E-state index in [0.717, 1.165) is 93.8 Å². The van der Waals surface area contributed by atoms with Crippen LogP contribution in [-0.2, 0) is 7.05 Å². The van der Waals surface area contributed by atoms with E-state index in [9.17, 15) is 35.1 Å². The number of benzene rings is 12. The second kappa shape index (κ2) is 33.6. The molecular weight excluding hydrogens is 1560 g/mol. The number of nitrogens with zero attached hydrogens (tertiary/aromatic N) is 12. The first-order chi connectivity index (χ1) is 55.5. The van der Waals surface area contributed by atoms with Gasteiger partial charge in [0.1, 0.15) is 51.9 Å². The van der Waals surface area contributed by atoms with Crippen LogP contribution in [0.25, 0.3) is 22.2 Å². The topological polar surface area (TPSA) is 269 Å². The number of methoxy groups -OCH3 is 2. The van der Waals surface area contributed by atoms with Gasteiger partial charge in [0.15, 0.2) is 82.8 Å². The van der Waals surface area contributed by atoms with Crippen molar-refractivity contribution in [2.75, 3.05) is 83.9 Å². The Labute approximate surface area is 670 Å². The molecule has 5 atom stereocenters. The number of anilines is 6. The molecule has 5 unspecified atom stereocenters. The van der Waals surface area contributed by atoms with Gasteiger partial charge in [0.25, 0.3) is 0 Å². The molecule has 116 heavy (non-hydrogen) atoms. The van der Waals surface area contributed by atoms with Crippen LogP contribution in [0.2, 0.25) is 0 Å². The molecule has 20 nitrogen and oxygen atoms in total. The Morgan fingerprint density at radius 3 is 1.23 bits per heavy atom. The SMILES string of the molecule is COc1c(N)ccc2c1C(c1cccc(F)c1)N=[N+]2C.COc1cc2c(cc1N)C(c1cccc(F)c1)N=[N+]2C.C[N+]1=NC(c2cccc(F)c2)c2c1ccc(N)c2Br.C[N+]1=NC(c2cccc(F)c2)c2c1ccc(N)c2F.C[N+]1=NC(c2cccc(F)c2)c2cc(N)c(F)cc21.Cc1cc(N)cc2c(-c3cccc(F)c3)nn(C)c12. The van der Waals surface area contributed by atoms with Gasteiger partial charge in [-0.25, -0.2) is 35.1 Å². The van der Waals surface area contributed by atoms with Gasteiger partial charge in [-0.15, -0.1) is 0 Å². The van der Waals surface area contributed by atoms with Crippen LogP contribution in [0.3, 0.4) is 0 Å². The molecule has 12 N–H and O–H groups in total. The quantitative estimate of drug-likeness (QED) is 0.0479. The van der Waals surface area contributed by atoms with Crippen molar-refractivity contribution in [2.45, 2.75) is 37.1 Å². The Balaban J connectivity index is 0.000000121. The molecule has 5 aliphatic rings. The van der Waals surface area contributed by atoms with E-state index >= 15 is 0 Å². The number of ether oxygens (including phenoxy) is 2. The highest BCUT2D eigenvalue weighted by atomic mass is 79.9. The zero-order chi connectivity index (χ0) is 82.8. The van der Waals surface area contributed by atoms with Crippen molar-refractivity contribution in [1.82, 2.24) is 9.78 Å². The van der Waals surface area contributed by atoms with E-state index in [2.05, 4.69) is 46.6 Å². The molecular formula is C87H80BrF8N18O2+5. The fourth-order valence-corrected chi connectivity index (χ4v) is 15.2. The fraction of sp³-hybridized carbons (Fsp3) is 0.161. The van der Waals surface area contributed by atoms with E-state index in [4.69, 9.17) is 43.9 Å². The summed E-state index contributed by atoms with van der Waals surface area (Å²) in [5.74, 6) is -1.50. The molecule has 0 saturated heterocycles. The Morgan fingerprint density at radius 1 is 0.379 bits per heavy atom. The lowest BCUT2D eigenvalue weighted by Gasteiger charge is -2.11. The molecule has 1 aromatic heterocycles. The molecule has 588 valence electrons. The van der Waals surface area contributed by atoms with Crippen LogP contribution in [0.1, 0.15) is 91.4 Å². The van der Waals surface area contributed by atoms with E-state index < -0.39 is 17.7 Å². The van der Waals surface area contributed by atoms with Crippen molar-refractivity contribution in [2.24, 2.45) is 32.6 Å². The minimum absolute atomic E-state index is 0.0747. The lowest BCUT2D eigenvalue weighted by atomic mass is 9.97. The lowest BCUT2D eigenvalue weighted by molar-refractivity contribution is -0.477. The van der Waals surface area contributed by atoms with Gasteiger partial charge >= 0.3 is 0 Å². The molecule has 13 aromatic rings. The van der Waals surface area contributed by atoms with Crippen LogP contribution in [0.15, 0.2) is 248 Å². The number of nitrogen functional groups attached to an aromatic ring is 6. The first-order valence-corrected chi connectivity index (χ1v) is 37.0. The van der Waals surface area contributed by atoms with Gasteiger partial charge < -0.3 is 43.9 Å². The predicted molar refractivity (Wildman–Crippen MR) is 433 cm³/mol. The van der Waals surface area contributed by atoms with Crippen LogP contribution in [0, 0.1) is 53.5 Å². The average Bonchev–Trinajstić information content (AvgIpc) is 1.67. The summed E-state index contributed by atoms with van der Waals surface area (Å²) in [7, 11) is 14.1. The molecule has 12 aromatic carbocycles. The molecule has 0 aliphatic carbocycles. The predicted octanol–water partition coefficient (Wildman–Crippen LogP) is 20.5. The van der Waals surface area contributed by atoms with Crippen molar-refractivity contribution in [3.05, 3.63) is 331 Å². The second-order valence-corrected chi connectivity index (χ2v) is 28.5. The van der Waals surface area contributed by atoms with Gasteiger partial charge in [-0.05, 0) is 197 Å². The first-order valence-electron chi connectivity index (χ1n) is 36.2. The standard InChI is InChI=1S/2C15H15FN3O.C15H14FN3.C14H12BrFN3.2C14H12F2N3/c1-19-13-8-14(20-2)12(17)7-11(13)15(18-19)9-4-3-5-10(16)6-9;1-19-12-7-6-11(17)15(20-2)13(12)14(18-19)9-4-3-5-10(16)8-9;1-9-6-12(17)8-13-14(18-19(2)15(9)13)10-4-3-5-11(16)7-10;1-19-11-6-5-10(17)13(15)12(11)14(18-19)8-3-2-4-9(16)7-8;1-19-13-7-11(16)12(17)6-10(13)14(18-19)8-3-2-4-9(15)5-8;1-19-11-6-5-10(17)13(16)12(11)14(18-19)8-3-2-4-9(15)7-8/h3-8,15H,17H2,1-2H3;3-8,14H,17H2,1-2H3;3-8H,17H2,1-2H3;3*2-7,14H,17H2,1H3/q2*+1;;3*+1. The molecule has 6 heterocycles. The van der Waals surface area contributed by atoms with Gasteiger partial charge in [0.2, 0.25) is 28.4 Å². The molecule has 0 bridgehead atoms. The van der Waals surface area contributed by atoms with E-state index in [0.29, 0.717) is 56.8 Å². The zero-order valence-corrected chi connectivity index (χ0v) is 65.8. The third-order valence-corrected chi connectivity index (χ3v) is 20.9. The molecule has 0 amide bonds. The molecule has 0 saturated carbocycles. The Bertz CT molecular complexity index is 6090. The Kier molecular flexibility index (Phi) is 23.3. The monoisotopic (exact) mass is 1640 g/mol. The smallest absolute Gasteiger partial charge is 0.241 e. The van der Waals surface area contributed by atoms with Crippen molar-refractivity contribution in [3.8, 4) is 22.8 Å². The van der Waals surface area contributed by atoms with Crippen molar-refractivity contribution < 1.29 is 68.1 Å². The zero-order valence-electron chi connectivity index (χ0n) is 64.2. The van der Waals surface area contributed by atoms with Crippen molar-refractivity contribution >= 4 is 89.4 Å². The van der Waals surface area contributed by atoms with Crippen LogP contribution in [0.4, 0.5) is 97.7 Å². The van der Waals surface area contributed by atoms with Gasteiger partial charge in [-0.1, -0.05) is 96.3 Å². The largest absolute Gasteiger partial charge is 0.494 e. The number of azo groups is 10. The third-order valence-electron chi connectivity index (χ3n) is 20.0. The summed E-state index contributed by atoms with van der Waals surface area (Å²) in [6.45, 7) is 2.00. The van der Waals surface area contributed by atoms with Gasteiger partial charge in [-0.3, -0.25) is 4.68 Å². The summed E-state index contributed by atoms with van der Waals surface area (Å²) in [6, 6.07) is 57.5. The van der Waals surface area contributed by atoms with Crippen molar-refractivity contribution in [1.29, 1.82) is 0 Å². The number of hydrogen-bond acceptors (Lipinski definition) is 14. The minimum Gasteiger partial charge on any atom is -0.494 e. The summed E-state index contributed by atoms with van der Waals surface area (Å²) in [5, 5.41) is 27.8. The number of aromatic nitrogens is 2. The van der Waals surface area contributed by atoms with Gasteiger partial charge in [-0.2, -0.15) is 5.10 Å². The number of rotatable bonds is 8. The van der Waals surface area contributed by atoms with Crippen LogP contribution in [-0.4, -0.2) is 82.7 Å². The number of halogens is 9. The van der Waals surface area contributed by atoms with Gasteiger partial charge in [0.05, 0.1) is 81.3 Å². The van der Waals surface area contributed by atoms with E-state index in [1.165, 1.54) is 84.9 Å². The average molecular weight is 1640 g/mol. The highest BCUT2D eigenvalue weighted by Crippen LogP contribution is 2.50. The van der Waals surface area contributed by atoms with Crippen LogP contribution < -0.4 is 43.9 Å². The molecule has 18 rings (SSSR count). The Hall–Kier alpha value is -13.6. The second-order valence-electron chi connectivity index (χ2n) is 27.7. The van der Waals surface area contributed by atoms with E-state index in [-0.39, 0.29) is 70.4 Å². The highest BCUT2D eigenvalue weighted by molar-refractivity contribution is 9.10. The number of hydrogen-bond donors (Lipinski definition) is 6. The maximum absolute atomic E-state index is 14.2. The summed E-state index contributed by atoms with van der Waals surface area (Å²) < 4.78 is 130. The normalized spacial score (nSPS) is 16.1. The van der Waals surface area contributed by atoms with Crippen LogP contribution >= 0.6 is 15.9 Å². The van der Waals surface area contributed by atoms with E-state index in [1.54, 1.807) is 119 Å². The summed E-state index contributed by atoms with van der Waals surface area (Å²) in [6.07, 6.45) is 0. The Morgan fingerprint density at radius 2 is 0.767 bits per heavy atom. The highest BCUT2D eigenvalue weighted by Gasteiger charge is 2.40. The maximum atomic E-state index is 14.2. The lowest BCUT2D eigenvalue weighted by Crippen LogP contribution is -2.01. The number of nitrogens with two attached hydrogens (primary N) is 6. The summed E-state index contributed by atoms with van der Waals surface area (Å²) in [4.78, 5) is 0. The maximum Gasteiger partial charge on any atom is 0.241 e. The fourth-order valence-electron chi connectivity index (χ4n) is 14.6. The molecule has 0 radical (unpaired) electrons. The summed E-state index contributed by atoms with van der Waals surface area (Å²) >= 11 is 3.51. The van der Waals surface area contributed by atoms with Gasteiger partial charge in [0, 0.05) is 47.6 Å². The van der Waals surface area contributed by atoms with Crippen molar-refractivity contribution in [3.63, 3.8) is 0 Å². The molecule has 29 heteroatoms. The molecule has 0 spiro atoms. The molecule has 5 aliphatic heterocycles. The first kappa shape index (κ1) is 80.5.